The molecule has 6 heteroatoms. The topological polar surface area (TPSA) is 56.3 Å². The van der Waals surface area contributed by atoms with Crippen molar-refractivity contribution in [3.05, 3.63) is 47.5 Å². The van der Waals surface area contributed by atoms with E-state index in [9.17, 15) is 12.8 Å². The van der Waals surface area contributed by atoms with E-state index < -0.39 is 9.84 Å². The number of ether oxygens (including phenoxy) is 1. The maximum atomic E-state index is 14.0. The summed E-state index contributed by atoms with van der Waals surface area (Å²) >= 11 is 0. The van der Waals surface area contributed by atoms with Crippen LogP contribution < -0.4 is 4.74 Å². The van der Waals surface area contributed by atoms with E-state index in [4.69, 9.17) is 4.74 Å². The van der Waals surface area contributed by atoms with Crippen LogP contribution in [0.3, 0.4) is 0 Å². The highest BCUT2D eigenvalue weighted by Crippen LogP contribution is 2.27. The van der Waals surface area contributed by atoms with Crippen molar-refractivity contribution in [1.29, 1.82) is 0 Å². The molecule has 1 aliphatic rings. The number of hydrogen-bond acceptors (Lipinski definition) is 4. The Morgan fingerprint density at radius 1 is 1.12 bits per heavy atom. The van der Waals surface area contributed by atoms with Crippen LogP contribution in [0, 0.1) is 25.6 Å². The van der Waals surface area contributed by atoms with Gasteiger partial charge in [-0.2, -0.15) is 0 Å². The Bertz CT molecular complexity index is 860. The molecule has 1 unspecified atom stereocenters. The third kappa shape index (κ3) is 4.78. The lowest BCUT2D eigenvalue weighted by Crippen LogP contribution is -2.09. The molecule has 134 valence electrons. The van der Waals surface area contributed by atoms with Crippen LogP contribution in [0.4, 0.5) is 4.39 Å². The van der Waals surface area contributed by atoms with Gasteiger partial charge in [0.1, 0.15) is 11.6 Å². The third-order valence-corrected chi connectivity index (χ3v) is 6.24. The molecular weight excluding hydrogens is 341 g/mol. The SMILES string of the molecule is Cc1cc(-c2cc(F)cc(OCCC3CCS(=O)(=O)C3)c2)cc(C)n1. The van der Waals surface area contributed by atoms with E-state index in [2.05, 4.69) is 4.98 Å². The molecule has 1 aromatic heterocycles. The van der Waals surface area contributed by atoms with Gasteiger partial charge in [-0.15, -0.1) is 0 Å². The number of benzene rings is 1. The van der Waals surface area contributed by atoms with Crippen LogP contribution in [0.25, 0.3) is 11.1 Å². The Hall–Kier alpha value is -1.95. The average molecular weight is 363 g/mol. The van der Waals surface area contributed by atoms with E-state index in [-0.39, 0.29) is 23.2 Å². The van der Waals surface area contributed by atoms with Crippen LogP contribution in [0.15, 0.2) is 30.3 Å². The zero-order chi connectivity index (χ0) is 18.0. The zero-order valence-corrected chi connectivity index (χ0v) is 15.3. The maximum absolute atomic E-state index is 14.0. The summed E-state index contributed by atoms with van der Waals surface area (Å²) in [5, 5.41) is 0. The van der Waals surface area contributed by atoms with E-state index in [1.165, 1.54) is 12.1 Å². The van der Waals surface area contributed by atoms with Crippen molar-refractivity contribution in [2.45, 2.75) is 26.7 Å². The van der Waals surface area contributed by atoms with Crippen molar-refractivity contribution in [3.63, 3.8) is 0 Å². The summed E-state index contributed by atoms with van der Waals surface area (Å²) in [5.74, 6) is 0.748. The standard InChI is InChI=1S/C19H22FNO3S/c1-13-7-16(8-14(2)21-13)17-9-18(20)11-19(10-17)24-5-3-15-4-6-25(22,23)12-15/h7-11,15H,3-6,12H2,1-2H3. The lowest BCUT2D eigenvalue weighted by atomic mass is 10.0. The molecule has 25 heavy (non-hydrogen) atoms. The van der Waals surface area contributed by atoms with E-state index in [1.807, 2.05) is 32.0 Å². The van der Waals surface area contributed by atoms with Gasteiger partial charge in [0.15, 0.2) is 9.84 Å². The van der Waals surface area contributed by atoms with Crippen LogP contribution in [-0.4, -0.2) is 31.5 Å². The summed E-state index contributed by atoms with van der Waals surface area (Å²) in [6.45, 7) is 4.20. The van der Waals surface area contributed by atoms with Crippen molar-refractivity contribution < 1.29 is 17.5 Å². The quantitative estimate of drug-likeness (QED) is 0.813. The van der Waals surface area contributed by atoms with Gasteiger partial charge < -0.3 is 4.74 Å². The fourth-order valence-electron chi connectivity index (χ4n) is 3.26. The second kappa shape index (κ2) is 7.12. The van der Waals surface area contributed by atoms with Crippen molar-refractivity contribution in [2.75, 3.05) is 18.1 Å². The number of hydrogen-bond donors (Lipinski definition) is 0. The molecule has 2 aromatic rings. The second-order valence-electron chi connectivity index (χ2n) is 6.72. The molecule has 0 aliphatic carbocycles. The van der Waals surface area contributed by atoms with Crippen molar-refractivity contribution >= 4 is 9.84 Å². The highest BCUT2D eigenvalue weighted by Gasteiger charge is 2.27. The Morgan fingerprint density at radius 3 is 2.44 bits per heavy atom. The van der Waals surface area contributed by atoms with Gasteiger partial charge in [0.05, 0.1) is 18.1 Å². The van der Waals surface area contributed by atoms with E-state index in [0.717, 1.165) is 22.5 Å². The van der Waals surface area contributed by atoms with E-state index in [0.29, 0.717) is 25.2 Å². The van der Waals surface area contributed by atoms with Crippen LogP contribution in [0.2, 0.25) is 0 Å². The molecule has 1 atom stereocenters. The van der Waals surface area contributed by atoms with Gasteiger partial charge in [0.2, 0.25) is 0 Å². The smallest absolute Gasteiger partial charge is 0.150 e. The van der Waals surface area contributed by atoms with E-state index >= 15 is 0 Å². The largest absolute Gasteiger partial charge is 0.493 e. The first-order valence-electron chi connectivity index (χ1n) is 8.40. The fraction of sp³-hybridized carbons (Fsp3) is 0.421. The molecule has 0 radical (unpaired) electrons. The molecule has 0 saturated carbocycles. The lowest BCUT2D eigenvalue weighted by molar-refractivity contribution is 0.284. The fourth-order valence-corrected chi connectivity index (χ4v) is 5.17. The predicted molar refractivity (Wildman–Crippen MR) is 96.0 cm³/mol. The summed E-state index contributed by atoms with van der Waals surface area (Å²) in [7, 11) is -2.87. The molecule has 0 bridgehead atoms. The number of pyridine rings is 1. The predicted octanol–water partition coefficient (Wildman–Crippen LogP) is 3.71. The molecule has 4 nitrogen and oxygen atoms in total. The first kappa shape index (κ1) is 17.9. The Labute approximate surface area is 148 Å². The molecule has 0 N–H and O–H groups in total. The molecule has 0 amide bonds. The molecule has 0 spiro atoms. The van der Waals surface area contributed by atoms with Gasteiger partial charge in [-0.25, -0.2) is 12.8 Å². The van der Waals surface area contributed by atoms with Gasteiger partial charge in [-0.05, 0) is 68.0 Å². The van der Waals surface area contributed by atoms with E-state index in [1.54, 1.807) is 0 Å². The van der Waals surface area contributed by atoms with Gasteiger partial charge in [-0.1, -0.05) is 0 Å². The highest BCUT2D eigenvalue weighted by molar-refractivity contribution is 7.91. The average Bonchev–Trinajstić information content (AvgIpc) is 2.85. The molecular formula is C19H22FNO3S. The van der Waals surface area contributed by atoms with Crippen molar-refractivity contribution in [3.8, 4) is 16.9 Å². The minimum atomic E-state index is -2.87. The van der Waals surface area contributed by atoms with Crippen LogP contribution >= 0.6 is 0 Å². The minimum Gasteiger partial charge on any atom is -0.493 e. The van der Waals surface area contributed by atoms with Gasteiger partial charge >= 0.3 is 0 Å². The van der Waals surface area contributed by atoms with Gasteiger partial charge in [-0.3, -0.25) is 4.98 Å². The molecule has 2 heterocycles. The Kier molecular flexibility index (Phi) is 5.08. The maximum Gasteiger partial charge on any atom is 0.150 e. The summed E-state index contributed by atoms with van der Waals surface area (Å²) < 4.78 is 42.6. The van der Waals surface area contributed by atoms with Crippen molar-refractivity contribution in [1.82, 2.24) is 4.98 Å². The monoisotopic (exact) mass is 363 g/mol. The Balaban J connectivity index is 1.69. The molecule has 1 aromatic carbocycles. The van der Waals surface area contributed by atoms with Gasteiger partial charge in [0.25, 0.3) is 0 Å². The summed E-state index contributed by atoms with van der Waals surface area (Å²) in [5.41, 5.74) is 3.40. The second-order valence-corrected chi connectivity index (χ2v) is 8.95. The van der Waals surface area contributed by atoms with Gasteiger partial charge in [0, 0.05) is 17.5 Å². The molecule has 1 aliphatic heterocycles. The zero-order valence-electron chi connectivity index (χ0n) is 14.5. The number of aromatic nitrogens is 1. The summed E-state index contributed by atoms with van der Waals surface area (Å²) in [6, 6.07) is 8.47. The minimum absolute atomic E-state index is 0.142. The Morgan fingerprint density at radius 2 is 1.80 bits per heavy atom. The number of nitrogens with zero attached hydrogens (tertiary/aromatic N) is 1. The first-order valence-corrected chi connectivity index (χ1v) is 10.2. The van der Waals surface area contributed by atoms with Crippen LogP contribution in [0.1, 0.15) is 24.2 Å². The first-order chi connectivity index (χ1) is 11.8. The number of sulfone groups is 1. The highest BCUT2D eigenvalue weighted by atomic mass is 32.2. The third-order valence-electron chi connectivity index (χ3n) is 4.41. The summed E-state index contributed by atoms with van der Waals surface area (Å²) in [4.78, 5) is 4.34. The lowest BCUT2D eigenvalue weighted by Gasteiger charge is -2.12. The van der Waals surface area contributed by atoms with Crippen LogP contribution in [0.5, 0.6) is 5.75 Å². The molecule has 3 rings (SSSR count). The normalized spacial score (nSPS) is 19.1. The number of rotatable bonds is 5. The molecule has 1 fully saturated rings. The summed E-state index contributed by atoms with van der Waals surface area (Å²) in [6.07, 6.45) is 1.36. The van der Waals surface area contributed by atoms with Crippen molar-refractivity contribution in [2.24, 2.45) is 5.92 Å². The molecule has 1 saturated heterocycles. The van der Waals surface area contributed by atoms with Crippen LogP contribution in [-0.2, 0) is 9.84 Å². The number of aryl methyl sites for hydroxylation is 2. The number of halogens is 1.